The molecule has 2 fully saturated rings. The van der Waals surface area contributed by atoms with Crippen LogP contribution in [0.25, 0.3) is 0 Å². The van der Waals surface area contributed by atoms with Gasteiger partial charge < -0.3 is 15.4 Å². The fraction of sp³-hybridized carbons (Fsp3) is 0.909. The van der Waals surface area contributed by atoms with Gasteiger partial charge in [-0.15, -0.1) is 0 Å². The summed E-state index contributed by atoms with van der Waals surface area (Å²) in [5.74, 6) is 1.55. The van der Waals surface area contributed by atoms with Gasteiger partial charge in [-0.2, -0.15) is 0 Å². The second-order valence-electron chi connectivity index (χ2n) is 4.60. The Hall–Kier alpha value is -0.610. The van der Waals surface area contributed by atoms with Crippen molar-refractivity contribution in [2.45, 2.75) is 19.3 Å². The Labute approximate surface area is 90.8 Å². The summed E-state index contributed by atoms with van der Waals surface area (Å²) >= 11 is 0. The van der Waals surface area contributed by atoms with Gasteiger partial charge in [-0.25, -0.2) is 0 Å². The van der Waals surface area contributed by atoms with E-state index in [4.69, 9.17) is 4.74 Å². The lowest BCUT2D eigenvalue weighted by molar-refractivity contribution is -0.122. The van der Waals surface area contributed by atoms with E-state index in [0.717, 1.165) is 32.2 Å². The zero-order chi connectivity index (χ0) is 10.5. The zero-order valence-corrected chi connectivity index (χ0v) is 9.13. The quantitative estimate of drug-likeness (QED) is 0.590. The second-order valence-corrected chi connectivity index (χ2v) is 4.60. The molecule has 1 aliphatic heterocycles. The van der Waals surface area contributed by atoms with E-state index in [0.29, 0.717) is 18.9 Å². The largest absolute Gasteiger partial charge is 0.381 e. The molecule has 2 aliphatic rings. The highest BCUT2D eigenvalue weighted by molar-refractivity contribution is 5.75. The maximum absolute atomic E-state index is 11.3. The van der Waals surface area contributed by atoms with Crippen molar-refractivity contribution in [3.8, 4) is 0 Å². The van der Waals surface area contributed by atoms with Crippen LogP contribution in [0.1, 0.15) is 19.3 Å². The molecule has 86 valence electrons. The number of rotatable bonds is 7. The summed E-state index contributed by atoms with van der Waals surface area (Å²) < 4.78 is 5.40. The third-order valence-electron chi connectivity index (χ3n) is 2.98. The van der Waals surface area contributed by atoms with Gasteiger partial charge in [0.1, 0.15) is 0 Å². The summed E-state index contributed by atoms with van der Waals surface area (Å²) in [6.07, 6.45) is 3.12. The number of nitrogens with one attached hydrogen (secondary N) is 2. The van der Waals surface area contributed by atoms with Gasteiger partial charge in [0.15, 0.2) is 0 Å². The fourth-order valence-corrected chi connectivity index (χ4v) is 1.54. The van der Waals surface area contributed by atoms with Crippen LogP contribution in [0.2, 0.25) is 0 Å². The van der Waals surface area contributed by atoms with Gasteiger partial charge in [-0.3, -0.25) is 4.79 Å². The van der Waals surface area contributed by atoms with Crippen molar-refractivity contribution in [2.75, 3.05) is 32.8 Å². The fourth-order valence-electron chi connectivity index (χ4n) is 1.54. The van der Waals surface area contributed by atoms with Crippen LogP contribution in [-0.4, -0.2) is 38.8 Å². The summed E-state index contributed by atoms with van der Waals surface area (Å²) in [6, 6.07) is 0. The van der Waals surface area contributed by atoms with Crippen molar-refractivity contribution >= 4 is 5.91 Å². The van der Waals surface area contributed by atoms with Crippen molar-refractivity contribution in [1.82, 2.24) is 10.6 Å². The van der Waals surface area contributed by atoms with Crippen LogP contribution in [0.4, 0.5) is 0 Å². The minimum Gasteiger partial charge on any atom is -0.381 e. The molecule has 0 bridgehead atoms. The topological polar surface area (TPSA) is 50.4 Å². The molecule has 2 rings (SSSR count). The smallest absolute Gasteiger partial charge is 0.222 e. The first-order chi connectivity index (χ1) is 7.34. The van der Waals surface area contributed by atoms with Gasteiger partial charge in [0.25, 0.3) is 0 Å². The van der Waals surface area contributed by atoms with E-state index >= 15 is 0 Å². The molecular weight excluding hydrogens is 192 g/mol. The Bertz CT molecular complexity index is 213. The molecule has 0 unspecified atom stereocenters. The third kappa shape index (κ3) is 4.18. The van der Waals surface area contributed by atoms with Gasteiger partial charge in [-0.05, 0) is 18.8 Å². The molecule has 4 nitrogen and oxygen atoms in total. The highest BCUT2D eigenvalue weighted by atomic mass is 16.5. The average molecular weight is 212 g/mol. The van der Waals surface area contributed by atoms with Crippen molar-refractivity contribution < 1.29 is 9.53 Å². The maximum atomic E-state index is 11.3. The lowest BCUT2D eigenvalue weighted by Gasteiger charge is -2.27. The monoisotopic (exact) mass is 212 g/mol. The van der Waals surface area contributed by atoms with E-state index in [1.165, 1.54) is 12.8 Å². The number of carbonyl (C=O) groups is 1. The summed E-state index contributed by atoms with van der Waals surface area (Å²) in [5.41, 5.74) is 0. The van der Waals surface area contributed by atoms with Gasteiger partial charge in [0.2, 0.25) is 5.91 Å². The molecule has 1 saturated heterocycles. The van der Waals surface area contributed by atoms with Crippen LogP contribution in [0.15, 0.2) is 0 Å². The van der Waals surface area contributed by atoms with E-state index in [9.17, 15) is 4.79 Å². The molecule has 1 heterocycles. The number of hydrogen-bond donors (Lipinski definition) is 2. The predicted octanol–water partition coefficient (Wildman–Crippen LogP) is 0.139. The van der Waals surface area contributed by atoms with E-state index < -0.39 is 0 Å². The molecule has 2 N–H and O–H groups in total. The van der Waals surface area contributed by atoms with Crippen LogP contribution in [0.5, 0.6) is 0 Å². The molecule has 0 radical (unpaired) electrons. The van der Waals surface area contributed by atoms with Gasteiger partial charge >= 0.3 is 0 Å². The molecule has 1 aliphatic carbocycles. The summed E-state index contributed by atoms with van der Waals surface area (Å²) in [5, 5.41) is 6.11. The Morgan fingerprint density at radius 1 is 1.33 bits per heavy atom. The normalized spacial score (nSPS) is 21.1. The van der Waals surface area contributed by atoms with Gasteiger partial charge in [0, 0.05) is 38.6 Å². The average Bonchev–Trinajstić information content (AvgIpc) is 2.93. The van der Waals surface area contributed by atoms with Crippen LogP contribution in [0, 0.1) is 11.8 Å². The molecule has 0 atom stereocenters. The van der Waals surface area contributed by atoms with Crippen molar-refractivity contribution in [1.29, 1.82) is 0 Å². The molecule has 0 aromatic rings. The molecular formula is C11H20N2O2. The Kier molecular flexibility index (Phi) is 3.97. The van der Waals surface area contributed by atoms with Gasteiger partial charge in [-0.1, -0.05) is 0 Å². The molecule has 0 spiro atoms. The molecule has 15 heavy (non-hydrogen) atoms. The maximum Gasteiger partial charge on any atom is 0.222 e. The Balaban J connectivity index is 1.41. The summed E-state index contributed by atoms with van der Waals surface area (Å²) in [4.78, 5) is 11.3. The highest BCUT2D eigenvalue weighted by Gasteiger charge is 2.21. The highest BCUT2D eigenvalue weighted by Crippen LogP contribution is 2.28. The third-order valence-corrected chi connectivity index (χ3v) is 2.98. The first kappa shape index (κ1) is 10.9. The second kappa shape index (κ2) is 5.47. The SMILES string of the molecule is O=C(CCOCC1CC1)NCC1CNC1. The summed E-state index contributed by atoms with van der Waals surface area (Å²) in [7, 11) is 0. The van der Waals surface area contributed by atoms with Crippen molar-refractivity contribution in [2.24, 2.45) is 11.8 Å². The van der Waals surface area contributed by atoms with Crippen molar-refractivity contribution in [3.05, 3.63) is 0 Å². The lowest BCUT2D eigenvalue weighted by Crippen LogP contribution is -2.48. The zero-order valence-electron chi connectivity index (χ0n) is 9.13. The number of amides is 1. The molecule has 0 aromatic carbocycles. The number of carbonyl (C=O) groups excluding carboxylic acids is 1. The van der Waals surface area contributed by atoms with Crippen LogP contribution in [-0.2, 0) is 9.53 Å². The van der Waals surface area contributed by atoms with E-state index in [2.05, 4.69) is 10.6 Å². The molecule has 1 saturated carbocycles. The number of ether oxygens (including phenoxy) is 1. The van der Waals surface area contributed by atoms with E-state index in [-0.39, 0.29) is 5.91 Å². The standard InChI is InChI=1S/C11H20N2O2/c14-11(13-7-10-5-12-6-10)3-4-15-8-9-1-2-9/h9-10,12H,1-8H2,(H,13,14). The first-order valence-electron chi connectivity index (χ1n) is 5.90. The summed E-state index contributed by atoms with van der Waals surface area (Å²) in [6.45, 7) is 4.32. The Morgan fingerprint density at radius 3 is 2.73 bits per heavy atom. The van der Waals surface area contributed by atoms with E-state index in [1.807, 2.05) is 0 Å². The van der Waals surface area contributed by atoms with E-state index in [1.54, 1.807) is 0 Å². The lowest BCUT2D eigenvalue weighted by atomic mass is 10.0. The van der Waals surface area contributed by atoms with Crippen LogP contribution in [0.3, 0.4) is 0 Å². The van der Waals surface area contributed by atoms with Crippen LogP contribution < -0.4 is 10.6 Å². The number of hydrogen-bond acceptors (Lipinski definition) is 3. The Morgan fingerprint density at radius 2 is 2.13 bits per heavy atom. The van der Waals surface area contributed by atoms with Crippen LogP contribution >= 0.6 is 0 Å². The molecule has 1 amide bonds. The minimum atomic E-state index is 0.123. The predicted molar refractivity (Wildman–Crippen MR) is 57.5 cm³/mol. The first-order valence-corrected chi connectivity index (χ1v) is 5.90. The molecule has 4 heteroatoms. The van der Waals surface area contributed by atoms with Crippen molar-refractivity contribution in [3.63, 3.8) is 0 Å². The minimum absolute atomic E-state index is 0.123. The van der Waals surface area contributed by atoms with Gasteiger partial charge in [0.05, 0.1) is 6.61 Å². The molecule has 0 aromatic heterocycles.